The van der Waals surface area contributed by atoms with Crippen LogP contribution < -0.4 is 10.4 Å². The molecule has 0 fully saturated rings. The smallest absolute Gasteiger partial charge is 0.0654 e. The maximum atomic E-state index is 2.47. The molecule has 0 bridgehead atoms. The summed E-state index contributed by atoms with van der Waals surface area (Å²) in [7, 11) is 2.00. The molecular formula is C24H42Si2. The quantitative estimate of drug-likeness (QED) is 0.219. The summed E-state index contributed by atoms with van der Waals surface area (Å²) in [5.74, 6) is 0. The first kappa shape index (κ1) is 23.7. The summed E-state index contributed by atoms with van der Waals surface area (Å²) in [6.07, 6.45) is 16.9. The summed E-state index contributed by atoms with van der Waals surface area (Å²) in [6.45, 7) is 9.53. The van der Waals surface area contributed by atoms with Gasteiger partial charge in [0, 0.05) is 0 Å². The molecule has 0 saturated heterocycles. The van der Waals surface area contributed by atoms with Gasteiger partial charge in [0.1, 0.15) is 0 Å². The zero-order chi connectivity index (χ0) is 19.0. The van der Waals surface area contributed by atoms with E-state index < -0.39 is 0 Å². The van der Waals surface area contributed by atoms with E-state index in [1.54, 1.807) is 10.4 Å². The number of benzene rings is 1. The van der Waals surface area contributed by atoms with E-state index in [2.05, 4.69) is 52.0 Å². The Balaban J connectivity index is 2.36. The second kappa shape index (κ2) is 15.7. The van der Waals surface area contributed by atoms with Crippen LogP contribution in [-0.2, 0) is 0 Å². The second-order valence-corrected chi connectivity index (χ2v) is 11.7. The zero-order valence-electron chi connectivity index (χ0n) is 17.9. The average Bonchev–Trinajstić information content (AvgIpc) is 2.63. The van der Waals surface area contributed by atoms with Crippen LogP contribution >= 0.6 is 0 Å². The van der Waals surface area contributed by atoms with Crippen LogP contribution in [-0.4, -0.2) is 19.0 Å². The number of unbranched alkanes of at least 4 members (excludes halogenated alkanes) is 8. The minimum Gasteiger partial charge on any atom is -0.0654 e. The van der Waals surface area contributed by atoms with Crippen molar-refractivity contribution in [3.8, 4) is 0 Å². The van der Waals surface area contributed by atoms with Gasteiger partial charge in [-0.15, -0.1) is 0 Å². The molecule has 2 atom stereocenters. The lowest BCUT2D eigenvalue weighted by molar-refractivity contribution is 0.600. The van der Waals surface area contributed by atoms with Crippen molar-refractivity contribution < 1.29 is 0 Å². The van der Waals surface area contributed by atoms with Gasteiger partial charge < -0.3 is 0 Å². The van der Waals surface area contributed by atoms with Gasteiger partial charge in [0.2, 0.25) is 0 Å². The molecule has 0 saturated carbocycles. The molecule has 0 aliphatic rings. The third-order valence-electron chi connectivity index (χ3n) is 5.21. The lowest BCUT2D eigenvalue weighted by Crippen LogP contribution is -2.38. The first-order valence-corrected chi connectivity index (χ1v) is 13.4. The van der Waals surface area contributed by atoms with Gasteiger partial charge in [0.05, 0.1) is 19.0 Å². The van der Waals surface area contributed by atoms with Gasteiger partial charge in [0.15, 0.2) is 0 Å². The van der Waals surface area contributed by atoms with Crippen LogP contribution in [0.5, 0.6) is 0 Å². The highest BCUT2D eigenvalue weighted by atomic mass is 28.2. The van der Waals surface area contributed by atoms with Crippen molar-refractivity contribution >= 4 is 29.4 Å². The first-order valence-electron chi connectivity index (χ1n) is 11.3. The monoisotopic (exact) mass is 386 g/mol. The molecule has 0 aromatic heterocycles. The van der Waals surface area contributed by atoms with Gasteiger partial charge in [0.25, 0.3) is 0 Å². The molecule has 0 amide bonds. The SMILES string of the molecule is CCCCCCCC(C)[Si]c1ccccc1[Si]C(C)CCCCCCC. The van der Waals surface area contributed by atoms with Gasteiger partial charge in [-0.05, 0) is 11.1 Å². The molecule has 0 nitrogen and oxygen atoms in total. The summed E-state index contributed by atoms with van der Waals surface area (Å²) in [5.41, 5.74) is 1.71. The molecule has 0 spiro atoms. The van der Waals surface area contributed by atoms with Gasteiger partial charge in [-0.3, -0.25) is 0 Å². The fraction of sp³-hybridized carbons (Fsp3) is 0.750. The van der Waals surface area contributed by atoms with E-state index in [0.717, 1.165) is 30.1 Å². The molecule has 0 aliphatic carbocycles. The van der Waals surface area contributed by atoms with Crippen LogP contribution in [0.4, 0.5) is 0 Å². The van der Waals surface area contributed by atoms with Crippen molar-refractivity contribution in [1.82, 2.24) is 0 Å². The molecule has 1 rings (SSSR count). The molecule has 146 valence electrons. The highest BCUT2D eigenvalue weighted by Gasteiger charge is 2.12. The normalized spacial score (nSPS) is 13.7. The predicted octanol–water partition coefficient (Wildman–Crippen LogP) is 6.68. The standard InChI is InChI=1S/C24H42Si2/c1-5-7-9-11-13-17-21(3)25-23-19-15-16-20-24(23)26-22(4)18-14-12-10-8-6-2/h15-16,19-22H,5-14,17-18H2,1-4H3. The minimum absolute atomic E-state index is 0.854. The highest BCUT2D eigenvalue weighted by molar-refractivity contribution is 6.67. The summed E-state index contributed by atoms with van der Waals surface area (Å²) in [6, 6.07) is 9.31. The average molecular weight is 387 g/mol. The van der Waals surface area contributed by atoms with Crippen molar-refractivity contribution in [2.75, 3.05) is 0 Å². The Kier molecular flexibility index (Phi) is 14.3. The summed E-state index contributed by atoms with van der Waals surface area (Å²) in [5, 5.41) is 3.31. The van der Waals surface area contributed by atoms with Crippen LogP contribution in [0.1, 0.15) is 105 Å². The maximum Gasteiger partial charge on any atom is 0.0837 e. The molecule has 2 unspecified atom stereocenters. The molecule has 1 aromatic carbocycles. The highest BCUT2D eigenvalue weighted by Crippen LogP contribution is 2.16. The summed E-state index contributed by atoms with van der Waals surface area (Å²) < 4.78 is 0. The molecule has 2 heteroatoms. The van der Waals surface area contributed by atoms with Crippen LogP contribution in [0.25, 0.3) is 0 Å². The van der Waals surface area contributed by atoms with Crippen LogP contribution in [0, 0.1) is 0 Å². The Morgan fingerprint density at radius 2 is 1.00 bits per heavy atom. The second-order valence-electron chi connectivity index (χ2n) is 8.04. The largest absolute Gasteiger partial charge is 0.0837 e. The molecular weight excluding hydrogens is 344 g/mol. The topological polar surface area (TPSA) is 0 Å². The molecule has 0 N–H and O–H groups in total. The summed E-state index contributed by atoms with van der Waals surface area (Å²) >= 11 is 0. The van der Waals surface area contributed by atoms with Crippen molar-refractivity contribution in [3.63, 3.8) is 0 Å². The van der Waals surface area contributed by atoms with E-state index >= 15 is 0 Å². The third kappa shape index (κ3) is 11.4. The minimum atomic E-state index is 0.854. The van der Waals surface area contributed by atoms with Gasteiger partial charge in [-0.1, -0.05) is 139 Å². The van der Waals surface area contributed by atoms with Gasteiger partial charge >= 0.3 is 0 Å². The number of hydrogen-bond acceptors (Lipinski definition) is 0. The van der Waals surface area contributed by atoms with E-state index in [1.165, 1.54) is 77.0 Å². The molecule has 4 radical (unpaired) electrons. The lowest BCUT2D eigenvalue weighted by Gasteiger charge is -2.16. The molecule has 26 heavy (non-hydrogen) atoms. The van der Waals surface area contributed by atoms with Crippen molar-refractivity contribution in [2.45, 2.75) is 116 Å². The van der Waals surface area contributed by atoms with Crippen LogP contribution in [0.3, 0.4) is 0 Å². The number of rotatable bonds is 16. The van der Waals surface area contributed by atoms with Crippen LogP contribution in [0.15, 0.2) is 24.3 Å². The van der Waals surface area contributed by atoms with Gasteiger partial charge in [-0.25, -0.2) is 0 Å². The van der Waals surface area contributed by atoms with Crippen LogP contribution in [0.2, 0.25) is 11.1 Å². The fourth-order valence-electron chi connectivity index (χ4n) is 3.52. The Morgan fingerprint density at radius 1 is 0.615 bits per heavy atom. The van der Waals surface area contributed by atoms with E-state index in [-0.39, 0.29) is 0 Å². The molecule has 1 aromatic rings. The first-order chi connectivity index (χ1) is 12.7. The van der Waals surface area contributed by atoms with E-state index in [4.69, 9.17) is 0 Å². The Morgan fingerprint density at radius 3 is 1.38 bits per heavy atom. The van der Waals surface area contributed by atoms with Gasteiger partial charge in [-0.2, -0.15) is 0 Å². The Hall–Kier alpha value is -0.346. The fourth-order valence-corrected chi connectivity index (χ4v) is 6.57. The predicted molar refractivity (Wildman–Crippen MR) is 123 cm³/mol. The molecule has 0 heterocycles. The third-order valence-corrected chi connectivity index (χ3v) is 8.52. The Labute approximate surface area is 169 Å². The van der Waals surface area contributed by atoms with Crippen molar-refractivity contribution in [1.29, 1.82) is 0 Å². The van der Waals surface area contributed by atoms with E-state index in [0.29, 0.717) is 0 Å². The zero-order valence-corrected chi connectivity index (χ0v) is 19.9. The number of hydrogen-bond donors (Lipinski definition) is 0. The van der Waals surface area contributed by atoms with E-state index in [1.807, 2.05) is 0 Å². The maximum absolute atomic E-state index is 2.47. The lowest BCUT2D eigenvalue weighted by atomic mass is 10.1. The molecule has 0 aliphatic heterocycles. The van der Waals surface area contributed by atoms with Crippen molar-refractivity contribution in [3.05, 3.63) is 24.3 Å². The van der Waals surface area contributed by atoms with Crippen molar-refractivity contribution in [2.24, 2.45) is 0 Å². The summed E-state index contributed by atoms with van der Waals surface area (Å²) in [4.78, 5) is 0. The Bertz CT molecular complexity index is 403. The van der Waals surface area contributed by atoms with E-state index in [9.17, 15) is 0 Å².